The number of methoxy groups -OCH3 is 1. The molecule has 3 saturated carbocycles. The van der Waals surface area contributed by atoms with Gasteiger partial charge in [-0.1, -0.05) is 51.0 Å². The number of aliphatic carboxylic acids is 1. The summed E-state index contributed by atoms with van der Waals surface area (Å²) in [4.78, 5) is 29.2. The number of nitrogens with zero attached hydrogens (tertiary/aromatic N) is 1. The number of allylic oxidation sites excluding steroid dienone is 1. The lowest BCUT2D eigenvalue weighted by atomic mass is 9.43. The molecule has 8 nitrogen and oxygen atoms in total. The summed E-state index contributed by atoms with van der Waals surface area (Å²) in [5.74, 6) is -0.645. The number of ether oxygens (including phenoxy) is 4. The fourth-order valence-electron chi connectivity index (χ4n) is 10.5. The molecule has 1 aliphatic heterocycles. The van der Waals surface area contributed by atoms with Crippen LogP contribution in [-0.2, 0) is 30.3 Å². The summed E-state index contributed by atoms with van der Waals surface area (Å²) in [6, 6.07) is 5.78. The van der Waals surface area contributed by atoms with E-state index in [0.717, 1.165) is 30.3 Å². The number of aldehydes is 1. The zero-order chi connectivity index (χ0) is 33.2. The van der Waals surface area contributed by atoms with Crippen molar-refractivity contribution in [1.29, 1.82) is 0 Å². The van der Waals surface area contributed by atoms with Gasteiger partial charge >= 0.3 is 12.3 Å². The summed E-state index contributed by atoms with van der Waals surface area (Å²) in [5, 5.41) is 11.3. The van der Waals surface area contributed by atoms with Crippen LogP contribution in [0, 0.1) is 45.8 Å². The van der Waals surface area contributed by atoms with Gasteiger partial charge in [-0.2, -0.15) is 0 Å². The average molecular weight is 650 g/mol. The van der Waals surface area contributed by atoms with Gasteiger partial charge < -0.3 is 28.8 Å². The number of carboxylic acids is 1. The monoisotopic (exact) mass is 649 g/mol. The van der Waals surface area contributed by atoms with E-state index in [1.807, 2.05) is 20.8 Å². The van der Waals surface area contributed by atoms with Gasteiger partial charge in [0, 0.05) is 32.2 Å². The van der Waals surface area contributed by atoms with Crippen LogP contribution < -0.4 is 4.74 Å². The van der Waals surface area contributed by atoms with Gasteiger partial charge in [-0.15, -0.1) is 13.2 Å². The van der Waals surface area contributed by atoms with Gasteiger partial charge in [-0.3, -0.25) is 9.69 Å². The zero-order valence-electron chi connectivity index (χ0n) is 27.2. The van der Waals surface area contributed by atoms with Crippen molar-refractivity contribution in [2.24, 2.45) is 45.8 Å². The first-order valence-corrected chi connectivity index (χ1v) is 16.5. The average Bonchev–Trinajstić information content (AvgIpc) is 3.51. The highest BCUT2D eigenvalue weighted by Crippen LogP contribution is 2.82. The Morgan fingerprint density at radius 1 is 1.15 bits per heavy atom. The second-order valence-corrected chi connectivity index (χ2v) is 14.7. The van der Waals surface area contributed by atoms with Gasteiger partial charge in [0.2, 0.25) is 0 Å². The molecule has 254 valence electrons. The van der Waals surface area contributed by atoms with Crippen LogP contribution in [-0.4, -0.2) is 73.9 Å². The van der Waals surface area contributed by atoms with Crippen molar-refractivity contribution in [2.75, 3.05) is 26.8 Å². The van der Waals surface area contributed by atoms with E-state index < -0.39 is 34.9 Å². The number of carbonyl (C=O) groups excluding carboxylic acids is 1. The minimum Gasteiger partial charge on any atom is -0.481 e. The smallest absolute Gasteiger partial charge is 0.481 e. The Morgan fingerprint density at radius 3 is 2.48 bits per heavy atom. The maximum absolute atomic E-state index is 13.8. The van der Waals surface area contributed by atoms with E-state index in [1.54, 1.807) is 19.2 Å². The minimum atomic E-state index is -4.76. The molecule has 4 aliphatic carbocycles. The summed E-state index contributed by atoms with van der Waals surface area (Å²) in [7, 11) is 1.61. The molecule has 1 heterocycles. The standard InChI is InChI=1S/C35H46F3NO7/c1-20(2)28-12-24-13-32(18-40)27-11-6-21(3)26(27)14-33(24,34(28,32)31(41)42)19-44-30-17-39(16-29(43-5)22(4)45-30)15-23-7-9-25(10-8-23)46-35(36,37)38/h7-10,12,18,20-22,24,26-27,29-30H,6,11,13-17,19H2,1-5H3,(H,41,42)/t21-,22-,24?,26-,27-,29+,30-,32+,33?,34+/m1/s1. The van der Waals surface area contributed by atoms with E-state index in [0.29, 0.717) is 38.4 Å². The van der Waals surface area contributed by atoms with E-state index in [-0.39, 0.29) is 48.2 Å². The Balaban J connectivity index is 1.28. The van der Waals surface area contributed by atoms with Gasteiger partial charge in [0.1, 0.15) is 17.5 Å². The van der Waals surface area contributed by atoms with Gasteiger partial charge in [0.15, 0.2) is 6.29 Å². The van der Waals surface area contributed by atoms with Crippen LogP contribution in [0.25, 0.3) is 0 Å². The fourth-order valence-corrected chi connectivity index (χ4v) is 10.5. The second kappa shape index (κ2) is 11.9. The summed E-state index contributed by atoms with van der Waals surface area (Å²) < 4.78 is 60.9. The molecule has 4 bridgehead atoms. The molecule has 11 heteroatoms. The van der Waals surface area contributed by atoms with Crippen molar-refractivity contribution < 1.29 is 46.8 Å². The van der Waals surface area contributed by atoms with Crippen LogP contribution in [0.2, 0.25) is 0 Å². The molecule has 5 aliphatic rings. The number of benzene rings is 1. The number of hydrogen-bond acceptors (Lipinski definition) is 7. The Morgan fingerprint density at radius 2 is 1.87 bits per heavy atom. The summed E-state index contributed by atoms with van der Waals surface area (Å²) in [6.07, 6.45) is 0.150. The minimum absolute atomic E-state index is 0.0319. The molecule has 10 atom stereocenters. The Kier molecular flexibility index (Phi) is 8.64. The molecule has 0 radical (unpaired) electrons. The number of carbonyl (C=O) groups is 2. The van der Waals surface area contributed by atoms with Crippen molar-refractivity contribution in [3.63, 3.8) is 0 Å². The molecule has 6 rings (SSSR count). The molecule has 0 aromatic heterocycles. The number of halogens is 3. The SMILES string of the molecule is CO[C@H]1CN(Cc2ccc(OC(F)(F)F)cc2)C[C@H](OCC23C[C@@H]4[C@H](C)CC[C@H]4[C@@]4(C=O)CC2C=C(C(C)C)[C@@]34C(=O)O)O[C@@H]1C. The fraction of sp³-hybridized carbons (Fsp3) is 0.714. The lowest BCUT2D eigenvalue weighted by Gasteiger charge is -2.58. The number of rotatable bonds is 10. The molecule has 1 aromatic rings. The Labute approximate surface area is 268 Å². The molecular weight excluding hydrogens is 603 g/mol. The van der Waals surface area contributed by atoms with E-state index >= 15 is 0 Å². The molecule has 0 amide bonds. The van der Waals surface area contributed by atoms with E-state index in [2.05, 4.69) is 22.6 Å². The van der Waals surface area contributed by atoms with Crippen molar-refractivity contribution in [3.05, 3.63) is 41.5 Å². The number of hydrogen-bond donors (Lipinski definition) is 1. The van der Waals surface area contributed by atoms with Crippen molar-refractivity contribution in [1.82, 2.24) is 4.90 Å². The third kappa shape index (κ3) is 5.02. The van der Waals surface area contributed by atoms with Crippen LogP contribution in [0.5, 0.6) is 5.75 Å². The number of fused-ring (bicyclic) bond motifs is 2. The third-order valence-electron chi connectivity index (χ3n) is 12.2. The van der Waals surface area contributed by atoms with E-state index in [1.165, 1.54) is 12.1 Å². The van der Waals surface area contributed by atoms with Crippen LogP contribution in [0.1, 0.15) is 58.9 Å². The molecule has 0 spiro atoms. The van der Waals surface area contributed by atoms with Crippen LogP contribution in [0.4, 0.5) is 13.2 Å². The second-order valence-electron chi connectivity index (χ2n) is 14.7. The predicted octanol–water partition coefficient (Wildman–Crippen LogP) is 6.09. The molecule has 1 aromatic carbocycles. The van der Waals surface area contributed by atoms with Crippen LogP contribution in [0.3, 0.4) is 0 Å². The zero-order valence-corrected chi connectivity index (χ0v) is 27.2. The maximum atomic E-state index is 13.8. The first-order chi connectivity index (χ1) is 21.7. The normalized spacial score (nSPS) is 40.5. The highest BCUT2D eigenvalue weighted by molar-refractivity contribution is 5.90. The van der Waals surface area contributed by atoms with Gasteiger partial charge in [-0.05, 0) is 73.5 Å². The Bertz CT molecular complexity index is 1350. The lowest BCUT2D eigenvalue weighted by Crippen LogP contribution is -2.63. The molecular formula is C35H46F3NO7. The maximum Gasteiger partial charge on any atom is 0.573 e. The van der Waals surface area contributed by atoms with E-state index in [4.69, 9.17) is 14.2 Å². The first-order valence-electron chi connectivity index (χ1n) is 16.5. The quantitative estimate of drug-likeness (QED) is 0.241. The molecule has 46 heavy (non-hydrogen) atoms. The topological polar surface area (TPSA) is 94.5 Å². The number of alkyl halides is 3. The summed E-state index contributed by atoms with van der Waals surface area (Å²) >= 11 is 0. The predicted molar refractivity (Wildman–Crippen MR) is 162 cm³/mol. The van der Waals surface area contributed by atoms with Crippen molar-refractivity contribution >= 4 is 12.3 Å². The van der Waals surface area contributed by atoms with Crippen molar-refractivity contribution in [3.8, 4) is 5.75 Å². The lowest BCUT2D eigenvalue weighted by molar-refractivity contribution is -0.274. The van der Waals surface area contributed by atoms with Crippen LogP contribution >= 0.6 is 0 Å². The van der Waals surface area contributed by atoms with Crippen LogP contribution in [0.15, 0.2) is 35.9 Å². The van der Waals surface area contributed by atoms with Gasteiger partial charge in [-0.25, -0.2) is 0 Å². The molecule has 1 N–H and O–H groups in total. The summed E-state index contributed by atoms with van der Waals surface area (Å²) in [6.45, 7) is 9.59. The largest absolute Gasteiger partial charge is 0.573 e. The number of carboxylic acid groups (broad SMARTS) is 1. The molecule has 1 saturated heterocycles. The highest BCUT2D eigenvalue weighted by Gasteiger charge is 2.84. The van der Waals surface area contributed by atoms with Gasteiger partial charge in [0.25, 0.3) is 0 Å². The first kappa shape index (κ1) is 33.4. The van der Waals surface area contributed by atoms with Gasteiger partial charge in [0.05, 0.1) is 24.2 Å². The Hall–Kier alpha value is -2.47. The molecule has 4 fully saturated rings. The third-order valence-corrected chi connectivity index (χ3v) is 12.2. The summed E-state index contributed by atoms with van der Waals surface area (Å²) in [5.41, 5.74) is -1.44. The van der Waals surface area contributed by atoms with Crippen molar-refractivity contribution in [2.45, 2.75) is 84.8 Å². The van der Waals surface area contributed by atoms with E-state index in [9.17, 15) is 27.9 Å². The highest BCUT2D eigenvalue weighted by atomic mass is 19.4. The molecule has 2 unspecified atom stereocenters.